The number of para-hydroxylation sites is 1. The second kappa shape index (κ2) is 9.59. The quantitative estimate of drug-likeness (QED) is 0.344. The van der Waals surface area contributed by atoms with E-state index in [4.69, 9.17) is 11.6 Å². The maximum atomic E-state index is 12.6. The van der Waals surface area contributed by atoms with Gasteiger partial charge in [-0.2, -0.15) is 0 Å². The molecule has 4 rings (SSSR count). The van der Waals surface area contributed by atoms with Crippen molar-refractivity contribution < 1.29 is 4.79 Å². The summed E-state index contributed by atoms with van der Waals surface area (Å²) in [6.07, 6.45) is 0. The van der Waals surface area contributed by atoms with Crippen LogP contribution in [0.4, 0.5) is 5.69 Å². The van der Waals surface area contributed by atoms with Gasteiger partial charge in [0.25, 0.3) is 0 Å². The zero-order chi connectivity index (χ0) is 22.7. The Hall–Kier alpha value is -3.09. The van der Waals surface area contributed by atoms with E-state index in [0.29, 0.717) is 16.0 Å². The average molecular weight is 463 g/mol. The number of hydrogen-bond donors (Lipinski definition) is 1. The summed E-state index contributed by atoms with van der Waals surface area (Å²) in [5.41, 5.74) is 5.80. The number of nitrogens with zero attached hydrogens (tertiary/aromatic N) is 3. The largest absolute Gasteiger partial charge is 0.325 e. The topological polar surface area (TPSA) is 59.8 Å². The minimum atomic E-state index is -0.0931. The highest BCUT2D eigenvalue weighted by molar-refractivity contribution is 7.99. The van der Waals surface area contributed by atoms with Crippen LogP contribution in [-0.4, -0.2) is 26.4 Å². The monoisotopic (exact) mass is 462 g/mol. The molecule has 0 saturated heterocycles. The summed E-state index contributed by atoms with van der Waals surface area (Å²) in [6, 6.07) is 21.7. The van der Waals surface area contributed by atoms with Crippen LogP contribution in [0.15, 0.2) is 71.9 Å². The highest BCUT2D eigenvalue weighted by Gasteiger charge is 2.18. The third-order valence-electron chi connectivity index (χ3n) is 5.07. The first-order valence-electron chi connectivity index (χ1n) is 10.2. The number of carbonyl (C=O) groups excluding carboxylic acids is 1. The summed E-state index contributed by atoms with van der Waals surface area (Å²) < 4.78 is 1.95. The van der Waals surface area contributed by atoms with Gasteiger partial charge in [-0.05, 0) is 56.2 Å². The SMILES string of the molecule is Cc1ccc(NC(=O)CSc2nnc(-c3ccc(C)c(Cl)c3)n2-c2ccccc2)c(C)c1. The molecule has 0 fully saturated rings. The Bertz CT molecular complexity index is 1270. The molecule has 0 bridgehead atoms. The lowest BCUT2D eigenvalue weighted by Gasteiger charge is -2.12. The highest BCUT2D eigenvalue weighted by atomic mass is 35.5. The van der Waals surface area contributed by atoms with Crippen LogP contribution >= 0.6 is 23.4 Å². The van der Waals surface area contributed by atoms with Gasteiger partial charge in [-0.25, -0.2) is 0 Å². The van der Waals surface area contributed by atoms with E-state index in [1.54, 1.807) is 0 Å². The van der Waals surface area contributed by atoms with Gasteiger partial charge in [-0.3, -0.25) is 9.36 Å². The van der Waals surface area contributed by atoms with Gasteiger partial charge in [-0.1, -0.05) is 71.4 Å². The van der Waals surface area contributed by atoms with Gasteiger partial charge in [0, 0.05) is 22.0 Å². The molecule has 0 aliphatic heterocycles. The molecule has 1 aromatic heterocycles. The molecule has 0 saturated carbocycles. The lowest BCUT2D eigenvalue weighted by molar-refractivity contribution is -0.113. The molecule has 0 radical (unpaired) electrons. The van der Waals surface area contributed by atoms with E-state index in [0.717, 1.165) is 33.6 Å². The Labute approximate surface area is 196 Å². The van der Waals surface area contributed by atoms with Crippen molar-refractivity contribution in [2.75, 3.05) is 11.1 Å². The molecule has 1 heterocycles. The van der Waals surface area contributed by atoms with Gasteiger partial charge in [0.1, 0.15) is 0 Å². The van der Waals surface area contributed by atoms with Crippen molar-refractivity contribution in [3.63, 3.8) is 0 Å². The van der Waals surface area contributed by atoms with Crippen LogP contribution in [0.25, 0.3) is 17.1 Å². The molecule has 0 spiro atoms. The molecule has 162 valence electrons. The average Bonchev–Trinajstić information content (AvgIpc) is 3.21. The lowest BCUT2D eigenvalue weighted by atomic mass is 10.1. The molecule has 0 aliphatic rings. The summed E-state index contributed by atoms with van der Waals surface area (Å²) in [5.74, 6) is 0.798. The van der Waals surface area contributed by atoms with Crippen molar-refractivity contribution in [3.8, 4) is 17.1 Å². The number of amides is 1. The first-order valence-corrected chi connectivity index (χ1v) is 11.6. The molecule has 7 heteroatoms. The van der Waals surface area contributed by atoms with E-state index >= 15 is 0 Å². The van der Waals surface area contributed by atoms with Crippen LogP contribution in [0.1, 0.15) is 16.7 Å². The number of aryl methyl sites for hydroxylation is 3. The fourth-order valence-electron chi connectivity index (χ4n) is 3.36. The number of hydrogen-bond acceptors (Lipinski definition) is 4. The first-order chi connectivity index (χ1) is 15.4. The molecular formula is C25H23ClN4OS. The zero-order valence-corrected chi connectivity index (χ0v) is 19.7. The molecule has 1 N–H and O–H groups in total. The molecule has 1 amide bonds. The van der Waals surface area contributed by atoms with E-state index in [1.165, 1.54) is 11.8 Å². The predicted molar refractivity (Wildman–Crippen MR) is 132 cm³/mol. The van der Waals surface area contributed by atoms with Gasteiger partial charge in [0.05, 0.1) is 5.75 Å². The standard InChI is InChI=1S/C25H23ClN4OS/c1-16-9-12-22(18(3)13-16)27-23(31)15-32-25-29-28-24(19-11-10-17(2)21(26)14-19)30(25)20-7-5-4-6-8-20/h4-14H,15H2,1-3H3,(H,27,31). The molecule has 0 unspecified atom stereocenters. The number of anilines is 1. The third-order valence-corrected chi connectivity index (χ3v) is 6.40. The van der Waals surface area contributed by atoms with Crippen LogP contribution in [0.3, 0.4) is 0 Å². The number of halogens is 1. The number of nitrogens with one attached hydrogen (secondary N) is 1. The fraction of sp³-hybridized carbons (Fsp3) is 0.160. The van der Waals surface area contributed by atoms with Crippen LogP contribution < -0.4 is 5.32 Å². The molecule has 32 heavy (non-hydrogen) atoms. The van der Waals surface area contributed by atoms with Crippen molar-refractivity contribution in [2.45, 2.75) is 25.9 Å². The van der Waals surface area contributed by atoms with Crippen molar-refractivity contribution in [3.05, 3.63) is 88.4 Å². The van der Waals surface area contributed by atoms with E-state index in [1.807, 2.05) is 92.1 Å². The van der Waals surface area contributed by atoms with Crippen LogP contribution in [0.2, 0.25) is 5.02 Å². The number of rotatable bonds is 6. The first kappa shape index (κ1) is 22.1. The number of aromatic nitrogens is 3. The summed E-state index contributed by atoms with van der Waals surface area (Å²) in [5, 5.41) is 13.1. The molecule has 4 aromatic rings. The van der Waals surface area contributed by atoms with E-state index in [9.17, 15) is 4.79 Å². The van der Waals surface area contributed by atoms with Crippen molar-refractivity contribution in [2.24, 2.45) is 0 Å². The third kappa shape index (κ3) is 4.87. The summed E-state index contributed by atoms with van der Waals surface area (Å²) in [7, 11) is 0. The zero-order valence-electron chi connectivity index (χ0n) is 18.1. The number of benzene rings is 3. The fourth-order valence-corrected chi connectivity index (χ4v) is 4.29. The molecule has 0 aliphatic carbocycles. The van der Waals surface area contributed by atoms with Crippen molar-refractivity contribution in [1.29, 1.82) is 0 Å². The minimum absolute atomic E-state index is 0.0931. The molecule has 0 atom stereocenters. The van der Waals surface area contributed by atoms with E-state index in [2.05, 4.69) is 15.5 Å². The molecule has 5 nitrogen and oxygen atoms in total. The predicted octanol–water partition coefficient (Wildman–Crippen LogP) is 6.24. The highest BCUT2D eigenvalue weighted by Crippen LogP contribution is 2.30. The lowest BCUT2D eigenvalue weighted by Crippen LogP contribution is -2.15. The van der Waals surface area contributed by atoms with Crippen LogP contribution in [0.5, 0.6) is 0 Å². The second-order valence-electron chi connectivity index (χ2n) is 7.60. The van der Waals surface area contributed by atoms with E-state index in [-0.39, 0.29) is 11.7 Å². The van der Waals surface area contributed by atoms with Gasteiger partial charge in [0.15, 0.2) is 11.0 Å². The number of thioether (sulfide) groups is 1. The van der Waals surface area contributed by atoms with E-state index < -0.39 is 0 Å². The van der Waals surface area contributed by atoms with Gasteiger partial charge >= 0.3 is 0 Å². The summed E-state index contributed by atoms with van der Waals surface area (Å²) in [6.45, 7) is 5.98. The smallest absolute Gasteiger partial charge is 0.234 e. The Morgan fingerprint density at radius 2 is 1.75 bits per heavy atom. The minimum Gasteiger partial charge on any atom is -0.325 e. The Morgan fingerprint density at radius 3 is 2.47 bits per heavy atom. The van der Waals surface area contributed by atoms with Crippen molar-refractivity contribution >= 4 is 35.0 Å². The van der Waals surface area contributed by atoms with Gasteiger partial charge in [-0.15, -0.1) is 10.2 Å². The van der Waals surface area contributed by atoms with Gasteiger partial charge in [0.2, 0.25) is 5.91 Å². The Morgan fingerprint density at radius 1 is 0.969 bits per heavy atom. The van der Waals surface area contributed by atoms with Gasteiger partial charge < -0.3 is 5.32 Å². The molecule has 3 aromatic carbocycles. The second-order valence-corrected chi connectivity index (χ2v) is 8.95. The normalized spacial score (nSPS) is 10.9. The summed E-state index contributed by atoms with van der Waals surface area (Å²) in [4.78, 5) is 12.6. The summed E-state index contributed by atoms with van der Waals surface area (Å²) >= 11 is 7.70. The Balaban J connectivity index is 1.60. The van der Waals surface area contributed by atoms with Crippen molar-refractivity contribution in [1.82, 2.24) is 14.8 Å². The molecular weight excluding hydrogens is 440 g/mol. The maximum Gasteiger partial charge on any atom is 0.234 e. The van der Waals surface area contributed by atoms with Crippen LogP contribution in [-0.2, 0) is 4.79 Å². The van der Waals surface area contributed by atoms with Crippen LogP contribution in [0, 0.1) is 20.8 Å². The maximum absolute atomic E-state index is 12.6. The Kier molecular flexibility index (Phi) is 6.63. The number of carbonyl (C=O) groups is 1.